The molecule has 0 bridgehead atoms. The average molecular weight is 393 g/mol. The molecule has 0 saturated carbocycles. The Balaban J connectivity index is 1.61. The Hall–Kier alpha value is -3.78. The van der Waals surface area contributed by atoms with Gasteiger partial charge in [0.2, 0.25) is 5.95 Å². The van der Waals surface area contributed by atoms with Crippen molar-refractivity contribution in [3.05, 3.63) is 48.3 Å². The highest BCUT2D eigenvalue weighted by atomic mass is 15.4. The van der Waals surface area contributed by atoms with Gasteiger partial charge in [-0.05, 0) is 24.1 Å². The highest BCUT2D eigenvalue weighted by Gasteiger charge is 2.46. The predicted molar refractivity (Wildman–Crippen MR) is 108 cm³/mol. The molecule has 0 aromatic carbocycles. The fourth-order valence-corrected chi connectivity index (χ4v) is 3.56. The highest BCUT2D eigenvalue weighted by molar-refractivity contribution is 5.71. The zero-order valence-corrected chi connectivity index (χ0v) is 16.1. The minimum absolute atomic E-state index is 0.338. The number of nitriles is 1. The number of fused-ring (bicyclic) bond motifs is 1. The van der Waals surface area contributed by atoms with Crippen LogP contribution in [0.5, 0.6) is 0 Å². The zero-order valence-electron chi connectivity index (χ0n) is 16.1. The lowest BCUT2D eigenvalue weighted by Crippen LogP contribution is -2.63. The SMILES string of the molecule is CCc1cnn(C2(CC#N)CN(c3cccn4nc(N/C(=C/N)NN)nc34)C2)c1. The summed E-state index contributed by atoms with van der Waals surface area (Å²) in [6.07, 6.45) is 8.33. The van der Waals surface area contributed by atoms with Crippen LogP contribution >= 0.6 is 0 Å². The second-order valence-electron chi connectivity index (χ2n) is 7.01. The van der Waals surface area contributed by atoms with Crippen LogP contribution in [-0.2, 0) is 12.0 Å². The van der Waals surface area contributed by atoms with Crippen LogP contribution in [0.25, 0.3) is 5.65 Å². The second kappa shape index (κ2) is 7.33. The Morgan fingerprint density at radius 3 is 2.93 bits per heavy atom. The summed E-state index contributed by atoms with van der Waals surface area (Å²) in [4.78, 5) is 6.73. The number of aromatic nitrogens is 5. The van der Waals surface area contributed by atoms with Crippen molar-refractivity contribution in [2.24, 2.45) is 11.6 Å². The van der Waals surface area contributed by atoms with Crippen LogP contribution in [0.1, 0.15) is 18.9 Å². The van der Waals surface area contributed by atoms with E-state index in [0.29, 0.717) is 36.9 Å². The van der Waals surface area contributed by atoms with E-state index >= 15 is 0 Å². The molecule has 1 aliphatic rings. The molecule has 0 spiro atoms. The number of hydrazine groups is 1. The lowest BCUT2D eigenvalue weighted by atomic mass is 9.86. The molecule has 3 aromatic heterocycles. The van der Waals surface area contributed by atoms with E-state index in [0.717, 1.165) is 17.7 Å². The van der Waals surface area contributed by atoms with Crippen molar-refractivity contribution in [2.45, 2.75) is 25.3 Å². The quantitative estimate of drug-likeness (QED) is 0.327. The first kappa shape index (κ1) is 18.6. The molecule has 0 radical (unpaired) electrons. The van der Waals surface area contributed by atoms with E-state index in [2.05, 4.69) is 43.8 Å². The van der Waals surface area contributed by atoms with Gasteiger partial charge in [-0.15, -0.1) is 5.10 Å². The van der Waals surface area contributed by atoms with E-state index in [9.17, 15) is 5.26 Å². The summed E-state index contributed by atoms with van der Waals surface area (Å²) in [5.74, 6) is 6.16. The third kappa shape index (κ3) is 3.19. The number of pyridine rings is 1. The monoisotopic (exact) mass is 393 g/mol. The summed E-state index contributed by atoms with van der Waals surface area (Å²) in [6.45, 7) is 3.42. The third-order valence-electron chi connectivity index (χ3n) is 5.16. The van der Waals surface area contributed by atoms with Crippen molar-refractivity contribution >= 4 is 17.3 Å². The molecule has 11 heteroatoms. The zero-order chi connectivity index (χ0) is 20.4. The Morgan fingerprint density at radius 1 is 1.45 bits per heavy atom. The number of anilines is 2. The van der Waals surface area contributed by atoms with Gasteiger partial charge in [0, 0.05) is 31.7 Å². The number of rotatable bonds is 7. The minimum atomic E-state index is -0.338. The van der Waals surface area contributed by atoms with Crippen molar-refractivity contribution in [2.75, 3.05) is 23.3 Å². The number of nitrogens with zero attached hydrogens (tertiary/aromatic N) is 7. The van der Waals surface area contributed by atoms with E-state index in [1.165, 1.54) is 6.20 Å². The smallest absolute Gasteiger partial charge is 0.248 e. The van der Waals surface area contributed by atoms with Crippen LogP contribution in [0, 0.1) is 11.3 Å². The van der Waals surface area contributed by atoms with Crippen molar-refractivity contribution < 1.29 is 0 Å². The molecular weight excluding hydrogens is 370 g/mol. The lowest BCUT2D eigenvalue weighted by Gasteiger charge is -2.50. The van der Waals surface area contributed by atoms with Gasteiger partial charge in [-0.2, -0.15) is 15.3 Å². The van der Waals surface area contributed by atoms with Gasteiger partial charge in [-0.25, -0.2) is 10.4 Å². The van der Waals surface area contributed by atoms with Crippen molar-refractivity contribution in [3.8, 4) is 6.07 Å². The summed E-state index contributed by atoms with van der Waals surface area (Å²) in [5.41, 5.74) is 10.4. The fourth-order valence-electron chi connectivity index (χ4n) is 3.56. The topological polar surface area (TPSA) is 151 Å². The highest BCUT2D eigenvalue weighted by Crippen LogP contribution is 2.37. The van der Waals surface area contributed by atoms with E-state index in [-0.39, 0.29) is 5.54 Å². The van der Waals surface area contributed by atoms with Crippen LogP contribution in [0.15, 0.2) is 42.7 Å². The number of hydrogen-bond donors (Lipinski definition) is 4. The Kier molecular flexibility index (Phi) is 4.69. The second-order valence-corrected chi connectivity index (χ2v) is 7.01. The number of nitrogens with two attached hydrogens (primary N) is 2. The fraction of sp³-hybridized carbons (Fsp3) is 0.333. The molecule has 0 amide bonds. The molecule has 3 aromatic rings. The van der Waals surface area contributed by atoms with Gasteiger partial charge in [0.1, 0.15) is 11.4 Å². The summed E-state index contributed by atoms with van der Waals surface area (Å²) in [6, 6.07) is 6.22. The van der Waals surface area contributed by atoms with Crippen LogP contribution in [0.3, 0.4) is 0 Å². The molecule has 1 aliphatic heterocycles. The molecule has 1 fully saturated rings. The van der Waals surface area contributed by atoms with Gasteiger partial charge >= 0.3 is 0 Å². The van der Waals surface area contributed by atoms with Crippen molar-refractivity contribution in [1.29, 1.82) is 5.26 Å². The number of nitrogens with one attached hydrogen (secondary N) is 2. The van der Waals surface area contributed by atoms with Gasteiger partial charge < -0.3 is 21.4 Å². The Morgan fingerprint density at radius 2 is 2.28 bits per heavy atom. The molecular formula is C18H23N11. The summed E-state index contributed by atoms with van der Waals surface area (Å²) >= 11 is 0. The van der Waals surface area contributed by atoms with Crippen LogP contribution in [0.2, 0.25) is 0 Å². The van der Waals surface area contributed by atoms with E-state index < -0.39 is 0 Å². The summed E-state index contributed by atoms with van der Waals surface area (Å²) < 4.78 is 3.63. The van der Waals surface area contributed by atoms with E-state index in [1.54, 1.807) is 4.52 Å². The number of hydrogen-bond acceptors (Lipinski definition) is 9. The van der Waals surface area contributed by atoms with Crippen molar-refractivity contribution in [1.82, 2.24) is 29.8 Å². The van der Waals surface area contributed by atoms with Gasteiger partial charge in [0.15, 0.2) is 5.65 Å². The molecule has 150 valence electrons. The number of aryl methyl sites for hydroxylation is 1. The van der Waals surface area contributed by atoms with Gasteiger partial charge in [0.05, 0.1) is 24.4 Å². The van der Waals surface area contributed by atoms with Gasteiger partial charge in [-0.3, -0.25) is 4.68 Å². The predicted octanol–water partition coefficient (Wildman–Crippen LogP) is 0.250. The summed E-state index contributed by atoms with van der Waals surface area (Å²) in [5, 5.41) is 21.2. The van der Waals surface area contributed by atoms with Crippen LogP contribution in [-0.4, -0.2) is 37.5 Å². The molecule has 11 nitrogen and oxygen atoms in total. The Bertz CT molecular complexity index is 1080. The average Bonchev–Trinajstić information content (AvgIpc) is 3.35. The minimum Gasteiger partial charge on any atom is -0.402 e. The van der Waals surface area contributed by atoms with Gasteiger partial charge in [-0.1, -0.05) is 6.92 Å². The molecule has 4 rings (SSSR count). The van der Waals surface area contributed by atoms with Gasteiger partial charge in [0.25, 0.3) is 0 Å². The largest absolute Gasteiger partial charge is 0.402 e. The molecule has 1 saturated heterocycles. The first-order valence-corrected chi connectivity index (χ1v) is 9.29. The van der Waals surface area contributed by atoms with E-state index in [4.69, 9.17) is 11.6 Å². The maximum atomic E-state index is 9.38. The normalized spacial score (nSPS) is 15.8. The summed E-state index contributed by atoms with van der Waals surface area (Å²) in [7, 11) is 0. The first-order valence-electron chi connectivity index (χ1n) is 9.29. The van der Waals surface area contributed by atoms with Crippen molar-refractivity contribution in [3.63, 3.8) is 0 Å². The van der Waals surface area contributed by atoms with E-state index in [1.807, 2.05) is 35.4 Å². The molecule has 4 heterocycles. The standard InChI is InChI=1S/C18H23N11/c1-2-13-9-22-29(10-13)18(5-6-19)11-27(12-18)14-4-3-7-28-16(14)24-17(26-28)23-15(8-20)25-21/h3-4,7-10,25H,2,5,11-12,20-21H2,1H3,(H,23,26)/b15-8-. The molecule has 6 N–H and O–H groups in total. The molecule has 29 heavy (non-hydrogen) atoms. The van der Waals surface area contributed by atoms with Crippen LogP contribution in [0.4, 0.5) is 11.6 Å². The molecule has 0 atom stereocenters. The third-order valence-corrected chi connectivity index (χ3v) is 5.16. The maximum Gasteiger partial charge on any atom is 0.248 e. The van der Waals surface area contributed by atoms with Crippen LogP contribution < -0.4 is 27.2 Å². The molecule has 0 unspecified atom stereocenters. The lowest BCUT2D eigenvalue weighted by molar-refractivity contribution is 0.198. The Labute approximate surface area is 167 Å². The maximum absolute atomic E-state index is 9.38. The molecule has 0 aliphatic carbocycles. The first-order chi connectivity index (χ1) is 14.1.